The van der Waals surface area contributed by atoms with Crippen LogP contribution in [-0.4, -0.2) is 17.4 Å². The van der Waals surface area contributed by atoms with Gasteiger partial charge in [0.25, 0.3) is 0 Å². The van der Waals surface area contributed by atoms with Crippen LogP contribution in [0.25, 0.3) is 6.08 Å². The number of ketones is 1. The Morgan fingerprint density at radius 1 is 1.16 bits per heavy atom. The number of allylic oxidation sites excluding steroid dienone is 1. The van der Waals surface area contributed by atoms with E-state index in [1.807, 2.05) is 61.5 Å². The summed E-state index contributed by atoms with van der Waals surface area (Å²) in [6, 6.07) is 17.5. The first-order valence-corrected chi connectivity index (χ1v) is 11.1. The average molecular weight is 497 g/mol. The number of hydrogen-bond donors (Lipinski definition) is 0. The lowest BCUT2D eigenvalue weighted by Crippen LogP contribution is -2.32. The summed E-state index contributed by atoms with van der Waals surface area (Å²) in [6.45, 7) is 3.63. The highest BCUT2D eigenvalue weighted by Crippen LogP contribution is 2.44. The topological polar surface area (TPSA) is 38.8 Å². The van der Waals surface area contributed by atoms with E-state index in [2.05, 4.69) is 20.8 Å². The highest BCUT2D eigenvalue weighted by molar-refractivity contribution is 9.10. The predicted octanol–water partition coefficient (Wildman–Crippen LogP) is 6.38. The maximum absolute atomic E-state index is 13.1. The van der Waals surface area contributed by atoms with Crippen molar-refractivity contribution in [3.63, 3.8) is 0 Å². The Balaban J connectivity index is 1.48. The summed E-state index contributed by atoms with van der Waals surface area (Å²) in [5, 5.41) is 0.730. The zero-order valence-corrected chi connectivity index (χ0v) is 19.2. The third-order valence-corrected chi connectivity index (χ3v) is 6.35. The van der Waals surface area contributed by atoms with Crippen molar-refractivity contribution in [2.75, 3.05) is 6.73 Å². The van der Waals surface area contributed by atoms with Gasteiger partial charge in [-0.25, -0.2) is 0 Å². The molecule has 0 amide bonds. The van der Waals surface area contributed by atoms with Crippen LogP contribution in [0.1, 0.15) is 32.6 Å². The molecule has 0 N–H and O–H groups in total. The van der Waals surface area contributed by atoms with E-state index < -0.39 is 0 Å². The lowest BCUT2D eigenvalue weighted by molar-refractivity contribution is 0.0872. The summed E-state index contributed by atoms with van der Waals surface area (Å²) >= 11 is 9.81. The summed E-state index contributed by atoms with van der Waals surface area (Å²) in [5.41, 5.74) is 4.30. The van der Waals surface area contributed by atoms with Gasteiger partial charge in [-0.1, -0.05) is 57.9 Å². The van der Waals surface area contributed by atoms with E-state index in [9.17, 15) is 4.79 Å². The highest BCUT2D eigenvalue weighted by atomic mass is 79.9. The second kappa shape index (κ2) is 8.15. The molecule has 31 heavy (non-hydrogen) atoms. The molecule has 2 heterocycles. The Bertz CT molecular complexity index is 1240. The number of benzene rings is 3. The summed E-state index contributed by atoms with van der Waals surface area (Å²) in [6.07, 6.45) is 1.78. The third kappa shape index (κ3) is 3.89. The van der Waals surface area contributed by atoms with Crippen molar-refractivity contribution in [1.82, 2.24) is 4.90 Å². The summed E-state index contributed by atoms with van der Waals surface area (Å²) in [5.74, 6) is 1.60. The van der Waals surface area contributed by atoms with Crippen molar-refractivity contribution in [2.45, 2.75) is 20.0 Å². The van der Waals surface area contributed by atoms with Gasteiger partial charge in [-0.05, 0) is 54.0 Å². The highest BCUT2D eigenvalue weighted by Gasteiger charge is 2.35. The molecule has 0 fully saturated rings. The van der Waals surface area contributed by atoms with Crippen molar-refractivity contribution in [3.8, 4) is 11.5 Å². The zero-order chi connectivity index (χ0) is 21.5. The van der Waals surface area contributed by atoms with Gasteiger partial charge in [0, 0.05) is 22.6 Å². The zero-order valence-electron chi connectivity index (χ0n) is 16.8. The molecule has 0 aromatic heterocycles. The monoisotopic (exact) mass is 495 g/mol. The van der Waals surface area contributed by atoms with Crippen LogP contribution in [0.3, 0.4) is 0 Å². The fourth-order valence-corrected chi connectivity index (χ4v) is 4.60. The molecule has 156 valence electrons. The first-order valence-electron chi connectivity index (χ1n) is 9.94. The summed E-state index contributed by atoms with van der Waals surface area (Å²) in [4.78, 5) is 15.3. The molecular formula is C25H19BrClNO3. The normalized spacial score (nSPS) is 16.6. The smallest absolute Gasteiger partial charge is 0.232 e. The Morgan fingerprint density at radius 3 is 2.81 bits per heavy atom. The molecule has 0 saturated heterocycles. The van der Waals surface area contributed by atoms with Crippen molar-refractivity contribution in [2.24, 2.45) is 0 Å². The van der Waals surface area contributed by atoms with E-state index >= 15 is 0 Å². The number of hydrogen-bond acceptors (Lipinski definition) is 4. The fourth-order valence-electron chi connectivity index (χ4n) is 3.99. The Labute approximate surface area is 194 Å². The standard InChI is InChI=1S/C25H19BrClNO3/c1-15-9-21-19(13-28(14-30-21)12-17-6-2-3-8-20(17)27)25-23(15)24(29)22(31-25)11-16-5-4-7-18(26)10-16/h2-11H,12-14H2,1H3/b22-11-. The number of rotatable bonds is 3. The number of nitrogens with zero attached hydrogens (tertiary/aromatic N) is 1. The quantitative estimate of drug-likeness (QED) is 0.395. The number of carbonyl (C=O) groups excluding carboxylic acids is 1. The van der Waals surface area contributed by atoms with Gasteiger partial charge in [0.1, 0.15) is 18.2 Å². The molecule has 0 aliphatic carbocycles. The maximum Gasteiger partial charge on any atom is 0.232 e. The summed E-state index contributed by atoms with van der Waals surface area (Å²) < 4.78 is 13.1. The van der Waals surface area contributed by atoms with Gasteiger partial charge < -0.3 is 9.47 Å². The molecule has 6 heteroatoms. The molecule has 3 aromatic rings. The molecule has 4 nitrogen and oxygen atoms in total. The minimum atomic E-state index is -0.0986. The van der Waals surface area contributed by atoms with E-state index in [0.29, 0.717) is 36.9 Å². The lowest BCUT2D eigenvalue weighted by atomic mass is 9.98. The molecule has 0 unspecified atom stereocenters. The van der Waals surface area contributed by atoms with Crippen LogP contribution in [0.5, 0.6) is 11.5 Å². The first kappa shape index (κ1) is 20.3. The minimum absolute atomic E-state index is 0.0986. The number of carbonyl (C=O) groups is 1. The average Bonchev–Trinajstić information content (AvgIpc) is 3.07. The van der Waals surface area contributed by atoms with Crippen LogP contribution < -0.4 is 9.47 Å². The molecule has 0 radical (unpaired) electrons. The second-order valence-corrected chi connectivity index (χ2v) is 9.04. The van der Waals surface area contributed by atoms with E-state index in [-0.39, 0.29) is 5.78 Å². The van der Waals surface area contributed by atoms with E-state index in [4.69, 9.17) is 21.1 Å². The molecule has 0 spiro atoms. The number of Topliss-reactive ketones (excluding diaryl/α,β-unsaturated/α-hetero) is 1. The van der Waals surface area contributed by atoms with Crippen molar-refractivity contribution >= 4 is 39.4 Å². The van der Waals surface area contributed by atoms with Crippen LogP contribution in [0.2, 0.25) is 5.02 Å². The van der Waals surface area contributed by atoms with Crippen molar-refractivity contribution < 1.29 is 14.3 Å². The Kier molecular flexibility index (Phi) is 5.34. The van der Waals surface area contributed by atoms with Gasteiger partial charge in [-0.15, -0.1) is 0 Å². The maximum atomic E-state index is 13.1. The molecule has 0 saturated carbocycles. The molecule has 2 aliphatic rings. The van der Waals surface area contributed by atoms with Crippen molar-refractivity contribution in [1.29, 1.82) is 0 Å². The lowest BCUT2D eigenvalue weighted by Gasteiger charge is -2.30. The largest absolute Gasteiger partial charge is 0.478 e. The number of fused-ring (bicyclic) bond motifs is 3. The van der Waals surface area contributed by atoms with E-state index in [1.54, 1.807) is 6.08 Å². The Hall–Kier alpha value is -2.60. The molecule has 5 rings (SSSR count). The number of ether oxygens (including phenoxy) is 2. The molecule has 2 aliphatic heterocycles. The Morgan fingerprint density at radius 2 is 2.00 bits per heavy atom. The summed E-state index contributed by atoms with van der Waals surface area (Å²) in [7, 11) is 0. The number of aryl methyl sites for hydroxylation is 1. The minimum Gasteiger partial charge on any atom is -0.478 e. The van der Waals surface area contributed by atoms with Gasteiger partial charge in [0.2, 0.25) is 5.78 Å². The second-order valence-electron chi connectivity index (χ2n) is 7.72. The van der Waals surface area contributed by atoms with E-state index in [1.165, 1.54) is 0 Å². The number of halogens is 2. The van der Waals surface area contributed by atoms with E-state index in [0.717, 1.165) is 37.5 Å². The van der Waals surface area contributed by atoms with Gasteiger partial charge in [0.05, 0.1) is 11.1 Å². The third-order valence-electron chi connectivity index (χ3n) is 5.49. The SMILES string of the molecule is Cc1cc2c(c3c1C(=O)/C(=C/c1cccc(Br)c1)O3)CN(Cc1ccccc1Cl)CO2. The van der Waals surface area contributed by atoms with Crippen LogP contribution >= 0.6 is 27.5 Å². The fraction of sp³-hybridized carbons (Fsp3) is 0.160. The molecule has 3 aromatic carbocycles. The molecular weight excluding hydrogens is 478 g/mol. The van der Waals surface area contributed by atoms with Gasteiger partial charge >= 0.3 is 0 Å². The van der Waals surface area contributed by atoms with Crippen molar-refractivity contribution in [3.05, 3.63) is 97.7 Å². The molecule has 0 bridgehead atoms. The first-order chi connectivity index (χ1) is 15.0. The van der Waals surface area contributed by atoms with Gasteiger partial charge in [-0.3, -0.25) is 9.69 Å². The predicted molar refractivity (Wildman–Crippen MR) is 124 cm³/mol. The molecule has 0 atom stereocenters. The van der Waals surface area contributed by atoms with Gasteiger partial charge in [-0.2, -0.15) is 0 Å². The van der Waals surface area contributed by atoms with Crippen LogP contribution in [0, 0.1) is 6.92 Å². The van der Waals surface area contributed by atoms with Crippen LogP contribution in [0.15, 0.2) is 64.8 Å². The van der Waals surface area contributed by atoms with Gasteiger partial charge in [0.15, 0.2) is 5.76 Å². The van der Waals surface area contributed by atoms with Crippen LogP contribution in [-0.2, 0) is 13.1 Å². The van der Waals surface area contributed by atoms with Crippen LogP contribution in [0.4, 0.5) is 0 Å².